The number of rotatable bonds is 12. The van der Waals surface area contributed by atoms with Gasteiger partial charge in [0.2, 0.25) is 11.8 Å². The highest BCUT2D eigenvalue weighted by molar-refractivity contribution is 7.92. The molecule has 3 aromatic rings. The second-order valence-corrected chi connectivity index (χ2v) is 12.4. The van der Waals surface area contributed by atoms with Crippen LogP contribution < -0.4 is 9.62 Å². The molecule has 11 heteroatoms. The van der Waals surface area contributed by atoms with Crippen LogP contribution in [-0.2, 0) is 26.2 Å². The fourth-order valence-electron chi connectivity index (χ4n) is 4.09. The lowest BCUT2D eigenvalue weighted by atomic mass is 10.1. The van der Waals surface area contributed by atoms with Crippen LogP contribution >= 0.6 is 34.8 Å². The molecule has 0 saturated carbocycles. The number of hydrogen-bond donors (Lipinski definition) is 1. The van der Waals surface area contributed by atoms with Gasteiger partial charge in [-0.2, -0.15) is 0 Å². The fourth-order valence-corrected chi connectivity index (χ4v) is 6.10. The molecular weight excluding hydrogens is 593 g/mol. The van der Waals surface area contributed by atoms with Gasteiger partial charge < -0.3 is 10.2 Å². The highest BCUT2D eigenvalue weighted by atomic mass is 35.5. The molecule has 0 heterocycles. The first-order chi connectivity index (χ1) is 19.0. The maximum Gasteiger partial charge on any atom is 0.264 e. The molecule has 214 valence electrons. The lowest BCUT2D eigenvalue weighted by molar-refractivity contribution is -0.140. The first kappa shape index (κ1) is 31.7. The van der Waals surface area contributed by atoms with Crippen LogP contribution in [0.1, 0.15) is 37.8 Å². The maximum absolute atomic E-state index is 14.0. The molecule has 0 aliphatic carbocycles. The molecule has 3 aromatic carbocycles. The minimum atomic E-state index is -4.17. The Kier molecular flexibility index (Phi) is 11.3. The van der Waals surface area contributed by atoms with E-state index in [1.165, 1.54) is 29.2 Å². The van der Waals surface area contributed by atoms with Gasteiger partial charge in [-0.15, -0.1) is 0 Å². The lowest BCUT2D eigenvalue weighted by Gasteiger charge is -2.33. The Hall–Kier alpha value is -2.78. The first-order valence-corrected chi connectivity index (χ1v) is 15.4. The van der Waals surface area contributed by atoms with E-state index in [1.807, 2.05) is 13.8 Å². The Morgan fingerprint density at radius 3 is 2.10 bits per heavy atom. The number of benzene rings is 3. The fraction of sp³-hybridized carbons (Fsp3) is 0.310. The number of aryl methyl sites for hydroxylation is 1. The quantitative estimate of drug-likeness (QED) is 0.250. The number of amides is 2. The summed E-state index contributed by atoms with van der Waals surface area (Å²) >= 11 is 18.6. The van der Waals surface area contributed by atoms with Crippen molar-refractivity contribution in [2.24, 2.45) is 0 Å². The number of carbonyl (C=O) groups is 2. The van der Waals surface area contributed by atoms with E-state index in [-0.39, 0.29) is 23.0 Å². The molecule has 0 fully saturated rings. The number of nitrogens with one attached hydrogen (secondary N) is 1. The van der Waals surface area contributed by atoms with Gasteiger partial charge in [-0.05, 0) is 73.9 Å². The number of nitrogens with zero attached hydrogens (tertiary/aromatic N) is 2. The van der Waals surface area contributed by atoms with Gasteiger partial charge in [0.25, 0.3) is 10.0 Å². The van der Waals surface area contributed by atoms with Crippen LogP contribution in [0.3, 0.4) is 0 Å². The molecule has 1 N–H and O–H groups in total. The molecule has 1 atom stereocenters. The highest BCUT2D eigenvalue weighted by Gasteiger charge is 2.34. The van der Waals surface area contributed by atoms with Gasteiger partial charge in [0.05, 0.1) is 10.6 Å². The second kappa shape index (κ2) is 14.2. The summed E-state index contributed by atoms with van der Waals surface area (Å²) in [6.45, 7) is 5.44. The monoisotopic (exact) mass is 623 g/mol. The molecule has 0 saturated heterocycles. The molecule has 3 rings (SSSR count). The minimum absolute atomic E-state index is 0.0219. The van der Waals surface area contributed by atoms with Crippen LogP contribution in [0.25, 0.3) is 0 Å². The predicted molar refractivity (Wildman–Crippen MR) is 162 cm³/mol. The summed E-state index contributed by atoms with van der Waals surface area (Å²) < 4.78 is 28.7. The van der Waals surface area contributed by atoms with E-state index in [4.69, 9.17) is 34.8 Å². The van der Waals surface area contributed by atoms with Crippen LogP contribution in [0, 0.1) is 6.92 Å². The van der Waals surface area contributed by atoms with Crippen molar-refractivity contribution in [3.8, 4) is 0 Å². The Balaban J connectivity index is 2.06. The number of carbonyl (C=O) groups excluding carboxylic acids is 2. The van der Waals surface area contributed by atoms with E-state index < -0.39 is 28.5 Å². The molecular formula is C29H32Cl3N3O4S. The van der Waals surface area contributed by atoms with Gasteiger partial charge in [0.1, 0.15) is 12.6 Å². The summed E-state index contributed by atoms with van der Waals surface area (Å²) in [7, 11) is -4.17. The molecule has 0 bridgehead atoms. The molecule has 2 amide bonds. The maximum atomic E-state index is 14.0. The van der Waals surface area contributed by atoms with Gasteiger partial charge in [0.15, 0.2) is 0 Å². The molecule has 0 aliphatic rings. The van der Waals surface area contributed by atoms with Gasteiger partial charge in [-0.1, -0.05) is 72.4 Å². The third-order valence-electron chi connectivity index (χ3n) is 6.29. The zero-order valence-corrected chi connectivity index (χ0v) is 25.6. The van der Waals surface area contributed by atoms with E-state index in [1.54, 1.807) is 49.4 Å². The highest BCUT2D eigenvalue weighted by Crippen LogP contribution is 2.28. The number of halogens is 3. The minimum Gasteiger partial charge on any atom is -0.354 e. The van der Waals surface area contributed by atoms with Crippen molar-refractivity contribution in [1.82, 2.24) is 10.2 Å². The summed E-state index contributed by atoms with van der Waals surface area (Å²) in [5.74, 6) is -0.905. The summed E-state index contributed by atoms with van der Waals surface area (Å²) in [5, 5.41) is 4.02. The van der Waals surface area contributed by atoms with Crippen molar-refractivity contribution >= 4 is 62.3 Å². The normalized spacial score (nSPS) is 12.1. The molecule has 0 aromatic heterocycles. The molecule has 0 aliphatic heterocycles. The van der Waals surface area contributed by atoms with E-state index >= 15 is 0 Å². The summed E-state index contributed by atoms with van der Waals surface area (Å²) in [6, 6.07) is 16.6. The molecule has 40 heavy (non-hydrogen) atoms. The Bertz CT molecular complexity index is 1430. The molecule has 0 unspecified atom stereocenters. The summed E-state index contributed by atoms with van der Waals surface area (Å²) in [5.41, 5.74) is 1.72. The van der Waals surface area contributed by atoms with E-state index in [9.17, 15) is 18.0 Å². The zero-order valence-electron chi connectivity index (χ0n) is 22.5. The van der Waals surface area contributed by atoms with Crippen LogP contribution in [0.2, 0.25) is 15.1 Å². The van der Waals surface area contributed by atoms with Crippen molar-refractivity contribution in [3.05, 3.63) is 92.9 Å². The van der Waals surface area contributed by atoms with Gasteiger partial charge in [-0.3, -0.25) is 13.9 Å². The second-order valence-electron chi connectivity index (χ2n) is 9.27. The molecule has 0 spiro atoms. The largest absolute Gasteiger partial charge is 0.354 e. The van der Waals surface area contributed by atoms with Crippen molar-refractivity contribution in [3.63, 3.8) is 0 Å². The van der Waals surface area contributed by atoms with Crippen molar-refractivity contribution in [1.29, 1.82) is 0 Å². The standard InChI is InChI=1S/C29H32Cl3N3O4S/c1-4-16-33-29(37)27(5-2)34(18-21-8-9-23(31)17-26(21)32)28(36)19-35(24-12-10-22(30)11-13-24)40(38,39)25-14-6-20(3)7-15-25/h6-15,17,27H,4-5,16,18-19H2,1-3H3,(H,33,37)/t27-/m0/s1. The Morgan fingerprint density at radius 1 is 0.900 bits per heavy atom. The van der Waals surface area contributed by atoms with E-state index in [0.29, 0.717) is 33.6 Å². The number of anilines is 1. The van der Waals surface area contributed by atoms with E-state index in [2.05, 4.69) is 5.32 Å². The number of hydrogen-bond acceptors (Lipinski definition) is 4. The topological polar surface area (TPSA) is 86.8 Å². The lowest BCUT2D eigenvalue weighted by Crippen LogP contribution is -2.52. The molecule has 7 nitrogen and oxygen atoms in total. The summed E-state index contributed by atoms with van der Waals surface area (Å²) in [4.78, 5) is 28.6. The van der Waals surface area contributed by atoms with Gasteiger partial charge in [-0.25, -0.2) is 8.42 Å². The number of sulfonamides is 1. The van der Waals surface area contributed by atoms with Gasteiger partial charge >= 0.3 is 0 Å². The average molecular weight is 625 g/mol. The van der Waals surface area contributed by atoms with Crippen molar-refractivity contribution in [2.75, 3.05) is 17.4 Å². The van der Waals surface area contributed by atoms with Crippen LogP contribution in [-0.4, -0.2) is 44.3 Å². The van der Waals surface area contributed by atoms with Crippen molar-refractivity contribution in [2.45, 2.75) is 51.1 Å². The van der Waals surface area contributed by atoms with Crippen LogP contribution in [0.5, 0.6) is 0 Å². The molecule has 0 radical (unpaired) electrons. The van der Waals surface area contributed by atoms with Crippen molar-refractivity contribution < 1.29 is 18.0 Å². The smallest absolute Gasteiger partial charge is 0.264 e. The third-order valence-corrected chi connectivity index (χ3v) is 8.92. The Morgan fingerprint density at radius 2 is 1.52 bits per heavy atom. The SMILES string of the molecule is CCCNC(=O)[C@H](CC)N(Cc1ccc(Cl)cc1Cl)C(=O)CN(c1ccc(Cl)cc1)S(=O)(=O)c1ccc(C)cc1. The summed E-state index contributed by atoms with van der Waals surface area (Å²) in [6.07, 6.45) is 1.02. The predicted octanol–water partition coefficient (Wildman–Crippen LogP) is 6.48. The third kappa shape index (κ3) is 7.91. The first-order valence-electron chi connectivity index (χ1n) is 12.8. The Labute approximate surface area is 251 Å². The van der Waals surface area contributed by atoms with Crippen LogP contribution in [0.15, 0.2) is 71.6 Å². The van der Waals surface area contributed by atoms with Crippen LogP contribution in [0.4, 0.5) is 5.69 Å². The van der Waals surface area contributed by atoms with E-state index in [0.717, 1.165) is 16.3 Å². The van der Waals surface area contributed by atoms with Gasteiger partial charge in [0, 0.05) is 28.2 Å². The average Bonchev–Trinajstić information content (AvgIpc) is 2.92. The zero-order chi connectivity index (χ0) is 29.4.